The van der Waals surface area contributed by atoms with Crippen molar-refractivity contribution < 1.29 is 17.9 Å². The van der Waals surface area contributed by atoms with Crippen LogP contribution in [0.25, 0.3) is 0 Å². The summed E-state index contributed by atoms with van der Waals surface area (Å²) in [7, 11) is -3.70. The van der Waals surface area contributed by atoms with Gasteiger partial charge in [-0.2, -0.15) is 0 Å². The van der Waals surface area contributed by atoms with E-state index in [9.17, 15) is 13.2 Å². The summed E-state index contributed by atoms with van der Waals surface area (Å²) in [6.45, 7) is 9.64. The van der Waals surface area contributed by atoms with E-state index >= 15 is 0 Å². The number of benzene rings is 1. The normalized spacial score (nSPS) is 15.2. The van der Waals surface area contributed by atoms with E-state index in [4.69, 9.17) is 9.88 Å². The molecule has 29 heavy (non-hydrogen) atoms. The predicted octanol–water partition coefficient (Wildman–Crippen LogP) is 1.63. The SMILES string of the molecule is CCNC(=NCc1ccc(S(N)(=O)=O)cc1)NC1CN(C(=O)OC(C)(C)C)C1.I. The second-order valence-electron chi connectivity index (χ2n) is 7.61. The van der Waals surface area contributed by atoms with Crippen LogP contribution >= 0.6 is 24.0 Å². The first kappa shape index (κ1) is 25.4. The molecule has 0 saturated carbocycles. The van der Waals surface area contributed by atoms with Crippen molar-refractivity contribution in [3.63, 3.8) is 0 Å². The molecule has 1 fully saturated rings. The largest absolute Gasteiger partial charge is 0.444 e. The molecule has 4 N–H and O–H groups in total. The summed E-state index contributed by atoms with van der Waals surface area (Å²) in [5.74, 6) is 0.631. The summed E-state index contributed by atoms with van der Waals surface area (Å²) < 4.78 is 27.9. The molecule has 1 amide bonds. The maximum Gasteiger partial charge on any atom is 0.410 e. The van der Waals surface area contributed by atoms with Gasteiger partial charge in [0.1, 0.15) is 5.60 Å². The van der Waals surface area contributed by atoms with Crippen LogP contribution in [0.5, 0.6) is 0 Å². The first-order valence-electron chi connectivity index (χ1n) is 9.12. The van der Waals surface area contributed by atoms with Crippen molar-refractivity contribution in [2.75, 3.05) is 19.6 Å². The van der Waals surface area contributed by atoms with Gasteiger partial charge in [0.05, 0.1) is 17.5 Å². The van der Waals surface area contributed by atoms with Crippen LogP contribution in [0.2, 0.25) is 0 Å². The number of amides is 1. The highest BCUT2D eigenvalue weighted by molar-refractivity contribution is 14.0. The van der Waals surface area contributed by atoms with Gasteiger partial charge >= 0.3 is 6.09 Å². The van der Waals surface area contributed by atoms with Crippen molar-refractivity contribution in [2.24, 2.45) is 10.1 Å². The van der Waals surface area contributed by atoms with Gasteiger partial charge < -0.3 is 20.3 Å². The fraction of sp³-hybridized carbons (Fsp3) is 0.556. The second kappa shape index (κ2) is 10.4. The van der Waals surface area contributed by atoms with Crippen molar-refractivity contribution in [1.82, 2.24) is 15.5 Å². The van der Waals surface area contributed by atoms with Crippen LogP contribution in [0.1, 0.15) is 33.3 Å². The van der Waals surface area contributed by atoms with E-state index in [-0.39, 0.29) is 41.0 Å². The zero-order valence-corrected chi connectivity index (χ0v) is 20.3. The smallest absolute Gasteiger partial charge is 0.410 e. The molecule has 2 rings (SSSR count). The van der Waals surface area contributed by atoms with Gasteiger partial charge in [-0.05, 0) is 45.4 Å². The molecular weight excluding hydrogens is 509 g/mol. The number of sulfonamides is 1. The lowest BCUT2D eigenvalue weighted by Gasteiger charge is -2.40. The molecule has 0 aromatic heterocycles. The first-order valence-corrected chi connectivity index (χ1v) is 10.7. The maximum absolute atomic E-state index is 12.0. The Labute approximate surface area is 189 Å². The molecule has 1 aliphatic rings. The number of primary sulfonamides is 1. The van der Waals surface area contributed by atoms with Crippen LogP contribution in [0.4, 0.5) is 4.79 Å². The van der Waals surface area contributed by atoms with Crippen LogP contribution in [-0.2, 0) is 21.3 Å². The lowest BCUT2D eigenvalue weighted by atomic mass is 10.1. The van der Waals surface area contributed by atoms with E-state index in [1.165, 1.54) is 12.1 Å². The third kappa shape index (κ3) is 8.34. The third-order valence-corrected chi connectivity index (χ3v) is 4.82. The Morgan fingerprint density at radius 2 is 1.86 bits per heavy atom. The maximum atomic E-state index is 12.0. The van der Waals surface area contributed by atoms with Gasteiger partial charge in [-0.15, -0.1) is 24.0 Å². The number of likely N-dealkylation sites (tertiary alicyclic amines) is 1. The summed E-state index contributed by atoms with van der Waals surface area (Å²) >= 11 is 0. The molecule has 0 unspecified atom stereocenters. The highest BCUT2D eigenvalue weighted by Crippen LogP contribution is 2.15. The van der Waals surface area contributed by atoms with Crippen LogP contribution in [0, 0.1) is 0 Å². The number of carbonyl (C=O) groups is 1. The van der Waals surface area contributed by atoms with E-state index in [1.807, 2.05) is 27.7 Å². The van der Waals surface area contributed by atoms with E-state index in [1.54, 1.807) is 17.0 Å². The zero-order chi connectivity index (χ0) is 20.9. The molecule has 164 valence electrons. The molecule has 1 aliphatic heterocycles. The van der Waals surface area contributed by atoms with Crippen LogP contribution in [-0.4, -0.2) is 56.6 Å². The van der Waals surface area contributed by atoms with Gasteiger partial charge in [0.25, 0.3) is 0 Å². The molecule has 9 nitrogen and oxygen atoms in total. The number of hydrogen-bond acceptors (Lipinski definition) is 5. The first-order chi connectivity index (χ1) is 13.0. The quantitative estimate of drug-likeness (QED) is 0.297. The average Bonchev–Trinajstić information content (AvgIpc) is 2.53. The van der Waals surface area contributed by atoms with Crippen molar-refractivity contribution in [1.29, 1.82) is 0 Å². The number of hydrogen-bond donors (Lipinski definition) is 3. The average molecular weight is 539 g/mol. The fourth-order valence-corrected chi connectivity index (χ4v) is 3.03. The molecule has 1 heterocycles. The lowest BCUT2D eigenvalue weighted by molar-refractivity contribution is 0.00700. The van der Waals surface area contributed by atoms with Gasteiger partial charge in [-0.3, -0.25) is 0 Å². The Morgan fingerprint density at radius 3 is 2.34 bits per heavy atom. The Balaban J connectivity index is 0.00000420. The van der Waals surface area contributed by atoms with E-state index in [2.05, 4.69) is 15.6 Å². The molecule has 1 aromatic carbocycles. The highest BCUT2D eigenvalue weighted by atomic mass is 127. The third-order valence-electron chi connectivity index (χ3n) is 3.89. The van der Waals surface area contributed by atoms with Crippen LogP contribution < -0.4 is 15.8 Å². The number of nitrogens with zero attached hydrogens (tertiary/aromatic N) is 2. The van der Waals surface area contributed by atoms with Crippen molar-refractivity contribution in [3.05, 3.63) is 29.8 Å². The number of rotatable bonds is 5. The van der Waals surface area contributed by atoms with E-state index in [0.717, 1.165) is 5.56 Å². The minimum Gasteiger partial charge on any atom is -0.444 e. The Kier molecular flexibility index (Phi) is 9.15. The molecular formula is C18H30IN5O4S. The summed E-state index contributed by atoms with van der Waals surface area (Å²) in [5.41, 5.74) is 0.346. The van der Waals surface area contributed by atoms with Crippen LogP contribution in [0.15, 0.2) is 34.2 Å². The minimum absolute atomic E-state index is 0. The van der Waals surface area contributed by atoms with Gasteiger partial charge in [0, 0.05) is 19.6 Å². The molecule has 0 radical (unpaired) electrons. The van der Waals surface area contributed by atoms with Crippen LogP contribution in [0.3, 0.4) is 0 Å². The minimum atomic E-state index is -3.70. The number of carbonyl (C=O) groups excluding carboxylic acids is 1. The number of aliphatic imine (C=N–C) groups is 1. The summed E-state index contributed by atoms with van der Waals surface area (Å²) in [6.07, 6.45) is -0.317. The lowest BCUT2D eigenvalue weighted by Crippen LogP contribution is -2.63. The molecule has 0 bridgehead atoms. The van der Waals surface area contributed by atoms with E-state index in [0.29, 0.717) is 32.1 Å². The molecule has 11 heteroatoms. The number of ether oxygens (including phenoxy) is 1. The van der Waals surface area contributed by atoms with Crippen molar-refractivity contribution in [3.8, 4) is 0 Å². The molecule has 0 spiro atoms. The molecule has 0 atom stereocenters. The Hall–Kier alpha value is -1.60. The van der Waals surface area contributed by atoms with E-state index < -0.39 is 15.6 Å². The number of halogens is 1. The summed E-state index contributed by atoms with van der Waals surface area (Å²) in [6, 6.07) is 6.38. The zero-order valence-electron chi connectivity index (χ0n) is 17.1. The van der Waals surface area contributed by atoms with Gasteiger partial charge in [0.2, 0.25) is 10.0 Å². The molecule has 1 aromatic rings. The Morgan fingerprint density at radius 1 is 1.28 bits per heavy atom. The number of nitrogens with two attached hydrogens (primary N) is 1. The monoisotopic (exact) mass is 539 g/mol. The number of nitrogens with one attached hydrogen (secondary N) is 2. The van der Waals surface area contributed by atoms with Gasteiger partial charge in [-0.1, -0.05) is 12.1 Å². The molecule has 1 saturated heterocycles. The topological polar surface area (TPSA) is 126 Å². The predicted molar refractivity (Wildman–Crippen MR) is 123 cm³/mol. The standard InChI is InChI=1S/C18H29N5O4S.HI/c1-5-20-16(21-10-13-6-8-15(9-7-13)28(19,25)26)22-14-11-23(12-14)17(24)27-18(2,3)4;/h6-9,14H,5,10-12H2,1-4H3,(H2,19,25,26)(H2,20,21,22);1H. The van der Waals surface area contributed by atoms with Crippen molar-refractivity contribution in [2.45, 2.75) is 50.8 Å². The summed E-state index contributed by atoms with van der Waals surface area (Å²) in [5, 5.41) is 11.5. The summed E-state index contributed by atoms with van der Waals surface area (Å²) in [4.78, 5) is 18.2. The van der Waals surface area contributed by atoms with Gasteiger partial charge in [-0.25, -0.2) is 23.3 Å². The Bertz CT molecular complexity index is 816. The van der Waals surface area contributed by atoms with Crippen molar-refractivity contribution >= 4 is 46.1 Å². The highest BCUT2D eigenvalue weighted by Gasteiger charge is 2.34. The second-order valence-corrected chi connectivity index (χ2v) is 9.17. The fourth-order valence-electron chi connectivity index (χ4n) is 2.51. The number of guanidine groups is 1. The molecule has 0 aliphatic carbocycles. The van der Waals surface area contributed by atoms with Gasteiger partial charge in [0.15, 0.2) is 5.96 Å².